The normalized spacial score (nSPS) is 10.7. The van der Waals surface area contributed by atoms with E-state index < -0.39 is 0 Å². The van der Waals surface area contributed by atoms with Crippen LogP contribution in [0.15, 0.2) is 18.3 Å². The number of aromatic nitrogens is 1. The summed E-state index contributed by atoms with van der Waals surface area (Å²) in [5.41, 5.74) is 0.925. The van der Waals surface area contributed by atoms with Gasteiger partial charge in [-0.1, -0.05) is 13.8 Å². The predicted octanol–water partition coefficient (Wildman–Crippen LogP) is 1.32. The first kappa shape index (κ1) is 11.3. The van der Waals surface area contributed by atoms with E-state index in [4.69, 9.17) is 5.26 Å². The lowest BCUT2D eigenvalue weighted by molar-refractivity contribution is -0.120. The molecule has 0 aliphatic heterocycles. The number of hydrogen-bond donors (Lipinski definition) is 2. The number of aromatic amines is 1. The minimum atomic E-state index is -0.225. The Morgan fingerprint density at radius 1 is 1.67 bits per heavy atom. The van der Waals surface area contributed by atoms with Crippen molar-refractivity contribution in [1.29, 1.82) is 5.26 Å². The Bertz CT molecular complexity index is 360. The van der Waals surface area contributed by atoms with Crippen LogP contribution in [0.25, 0.3) is 0 Å². The number of amides is 1. The highest BCUT2D eigenvalue weighted by atomic mass is 16.1. The molecule has 15 heavy (non-hydrogen) atoms. The molecule has 0 spiro atoms. The molecule has 2 N–H and O–H groups in total. The van der Waals surface area contributed by atoms with Crippen LogP contribution in [-0.2, 0) is 10.2 Å². The smallest absolute Gasteiger partial charge is 0.234 e. The van der Waals surface area contributed by atoms with Gasteiger partial charge >= 0.3 is 0 Å². The molecule has 0 fully saturated rings. The average Bonchev–Trinajstić information content (AvgIpc) is 2.69. The van der Waals surface area contributed by atoms with Crippen LogP contribution in [0.2, 0.25) is 0 Å². The lowest BCUT2D eigenvalue weighted by Crippen LogP contribution is -2.36. The fraction of sp³-hybridized carbons (Fsp3) is 0.455. The molecule has 1 rings (SSSR count). The third-order valence-electron chi connectivity index (χ3n) is 2.29. The van der Waals surface area contributed by atoms with E-state index in [1.807, 2.05) is 38.2 Å². The monoisotopic (exact) mass is 205 g/mol. The number of hydrogen-bond acceptors (Lipinski definition) is 2. The third kappa shape index (κ3) is 3.13. The highest BCUT2D eigenvalue weighted by molar-refractivity contribution is 5.78. The van der Waals surface area contributed by atoms with Gasteiger partial charge in [-0.3, -0.25) is 4.79 Å². The van der Waals surface area contributed by atoms with Gasteiger partial charge in [-0.15, -0.1) is 0 Å². The van der Waals surface area contributed by atoms with Crippen LogP contribution in [-0.4, -0.2) is 17.4 Å². The zero-order valence-corrected chi connectivity index (χ0v) is 9.00. The predicted molar refractivity (Wildman–Crippen MR) is 57.1 cm³/mol. The van der Waals surface area contributed by atoms with Gasteiger partial charge < -0.3 is 10.3 Å². The fourth-order valence-corrected chi connectivity index (χ4v) is 1.30. The van der Waals surface area contributed by atoms with Crippen LogP contribution in [0.4, 0.5) is 0 Å². The molecular formula is C11H15N3O. The first-order chi connectivity index (χ1) is 7.06. The Labute approximate surface area is 89.3 Å². The molecular weight excluding hydrogens is 190 g/mol. The van der Waals surface area contributed by atoms with Crippen LogP contribution < -0.4 is 5.32 Å². The second kappa shape index (κ2) is 4.65. The molecule has 0 unspecified atom stereocenters. The highest BCUT2D eigenvalue weighted by Gasteiger charge is 2.21. The standard InChI is InChI=1S/C11H15N3O/c1-11(2,9-4-3-7-13-9)8-14-10(15)5-6-12/h3-4,7,13H,5,8H2,1-2H3,(H,14,15). The maximum absolute atomic E-state index is 11.1. The SMILES string of the molecule is CC(C)(CNC(=O)CC#N)c1ccc[nH]1. The average molecular weight is 205 g/mol. The Balaban J connectivity index is 2.51. The van der Waals surface area contributed by atoms with Gasteiger partial charge in [-0.25, -0.2) is 0 Å². The zero-order chi connectivity index (χ0) is 11.3. The van der Waals surface area contributed by atoms with Gasteiger partial charge in [0.1, 0.15) is 6.42 Å². The minimum Gasteiger partial charge on any atom is -0.364 e. The Hall–Kier alpha value is -1.76. The largest absolute Gasteiger partial charge is 0.364 e. The van der Waals surface area contributed by atoms with E-state index in [-0.39, 0.29) is 17.7 Å². The van der Waals surface area contributed by atoms with Crippen LogP contribution in [0.5, 0.6) is 0 Å². The molecule has 0 aliphatic rings. The van der Waals surface area contributed by atoms with E-state index in [0.717, 1.165) is 5.69 Å². The third-order valence-corrected chi connectivity index (χ3v) is 2.29. The lowest BCUT2D eigenvalue weighted by Gasteiger charge is -2.23. The van der Waals surface area contributed by atoms with Crippen molar-refractivity contribution < 1.29 is 4.79 Å². The van der Waals surface area contributed by atoms with Gasteiger partial charge in [0.15, 0.2) is 0 Å². The maximum atomic E-state index is 11.1. The van der Waals surface area contributed by atoms with Crippen molar-refractivity contribution in [2.24, 2.45) is 0 Å². The Morgan fingerprint density at radius 3 is 2.93 bits per heavy atom. The molecule has 0 saturated heterocycles. The van der Waals surface area contributed by atoms with Crippen LogP contribution in [0.1, 0.15) is 26.0 Å². The molecule has 1 amide bonds. The first-order valence-electron chi connectivity index (χ1n) is 4.84. The quantitative estimate of drug-likeness (QED) is 0.778. The van der Waals surface area contributed by atoms with E-state index in [9.17, 15) is 4.79 Å². The molecule has 1 aromatic heterocycles. The number of carbonyl (C=O) groups excluding carboxylic acids is 1. The van der Waals surface area contributed by atoms with Crippen molar-refractivity contribution in [3.8, 4) is 6.07 Å². The van der Waals surface area contributed by atoms with Crippen molar-refractivity contribution >= 4 is 5.91 Å². The summed E-state index contributed by atoms with van der Waals surface area (Å²) in [6, 6.07) is 5.73. The highest BCUT2D eigenvalue weighted by Crippen LogP contribution is 2.19. The molecule has 0 radical (unpaired) electrons. The van der Waals surface area contributed by atoms with Crippen molar-refractivity contribution in [3.05, 3.63) is 24.0 Å². The summed E-state index contributed by atoms with van der Waals surface area (Å²) in [5.74, 6) is -0.225. The molecule has 1 aromatic rings. The van der Waals surface area contributed by atoms with Crippen LogP contribution in [0.3, 0.4) is 0 Å². The van der Waals surface area contributed by atoms with Crippen molar-refractivity contribution in [2.45, 2.75) is 25.7 Å². The number of nitriles is 1. The number of rotatable bonds is 4. The Morgan fingerprint density at radius 2 is 2.40 bits per heavy atom. The molecule has 0 saturated carbocycles. The van der Waals surface area contributed by atoms with E-state index >= 15 is 0 Å². The van der Waals surface area contributed by atoms with Gasteiger partial charge in [0, 0.05) is 23.9 Å². The number of nitrogens with zero attached hydrogens (tertiary/aromatic N) is 1. The number of H-pyrrole nitrogens is 1. The first-order valence-corrected chi connectivity index (χ1v) is 4.84. The summed E-state index contributed by atoms with van der Waals surface area (Å²) in [5, 5.41) is 11.1. The number of nitrogens with one attached hydrogen (secondary N) is 2. The van der Waals surface area contributed by atoms with Gasteiger partial charge in [0.05, 0.1) is 6.07 Å². The second-order valence-corrected chi connectivity index (χ2v) is 4.08. The van der Waals surface area contributed by atoms with E-state index in [2.05, 4.69) is 10.3 Å². The summed E-state index contributed by atoms with van der Waals surface area (Å²) in [7, 11) is 0. The van der Waals surface area contributed by atoms with Gasteiger partial charge in [0.2, 0.25) is 5.91 Å². The van der Waals surface area contributed by atoms with E-state index in [1.165, 1.54) is 0 Å². The van der Waals surface area contributed by atoms with Gasteiger partial charge in [-0.05, 0) is 12.1 Å². The van der Waals surface area contributed by atoms with Crippen LogP contribution >= 0.6 is 0 Å². The number of carbonyl (C=O) groups is 1. The molecule has 0 atom stereocenters. The minimum absolute atomic E-state index is 0.0825. The summed E-state index contributed by atoms with van der Waals surface area (Å²) in [6.45, 7) is 4.59. The second-order valence-electron chi connectivity index (χ2n) is 4.08. The van der Waals surface area contributed by atoms with Crippen molar-refractivity contribution in [3.63, 3.8) is 0 Å². The summed E-state index contributed by atoms with van der Waals surface area (Å²) in [4.78, 5) is 14.2. The summed E-state index contributed by atoms with van der Waals surface area (Å²) in [6.07, 6.45) is 1.77. The van der Waals surface area contributed by atoms with Gasteiger partial charge in [-0.2, -0.15) is 5.26 Å². The fourth-order valence-electron chi connectivity index (χ4n) is 1.30. The Kier molecular flexibility index (Phi) is 3.51. The molecule has 1 heterocycles. The van der Waals surface area contributed by atoms with Gasteiger partial charge in [0.25, 0.3) is 0 Å². The van der Waals surface area contributed by atoms with E-state index in [0.29, 0.717) is 6.54 Å². The van der Waals surface area contributed by atoms with Crippen molar-refractivity contribution in [1.82, 2.24) is 10.3 Å². The molecule has 0 aromatic carbocycles. The lowest BCUT2D eigenvalue weighted by atomic mass is 9.89. The topological polar surface area (TPSA) is 68.7 Å². The molecule has 4 nitrogen and oxygen atoms in total. The molecule has 80 valence electrons. The molecule has 0 aliphatic carbocycles. The zero-order valence-electron chi connectivity index (χ0n) is 9.00. The molecule has 0 bridgehead atoms. The van der Waals surface area contributed by atoms with Crippen LogP contribution in [0, 0.1) is 11.3 Å². The summed E-state index contributed by atoms with van der Waals surface area (Å²) >= 11 is 0. The van der Waals surface area contributed by atoms with Crippen molar-refractivity contribution in [2.75, 3.05) is 6.54 Å². The molecule has 4 heteroatoms. The van der Waals surface area contributed by atoms with E-state index in [1.54, 1.807) is 0 Å². The maximum Gasteiger partial charge on any atom is 0.234 e. The summed E-state index contributed by atoms with van der Waals surface area (Å²) < 4.78 is 0.